The van der Waals surface area contributed by atoms with Crippen molar-refractivity contribution in [1.29, 1.82) is 0 Å². The summed E-state index contributed by atoms with van der Waals surface area (Å²) in [6.45, 7) is 1.49. The van der Waals surface area contributed by atoms with Crippen LogP contribution in [0.3, 0.4) is 0 Å². The van der Waals surface area contributed by atoms with Gasteiger partial charge in [0.05, 0.1) is 10.5 Å². The molecule has 18 heavy (non-hydrogen) atoms. The van der Waals surface area contributed by atoms with Gasteiger partial charge in [-0.2, -0.15) is 0 Å². The maximum absolute atomic E-state index is 12.0. The molecule has 100 valence electrons. The summed E-state index contributed by atoms with van der Waals surface area (Å²) in [5, 5.41) is 2.44. The third-order valence-corrected chi connectivity index (χ3v) is 2.46. The maximum Gasteiger partial charge on any atom is 0.573 e. The Morgan fingerprint density at radius 3 is 2.56 bits per heavy atom. The smallest absolute Gasteiger partial charge is 0.405 e. The molecule has 0 aliphatic carbocycles. The van der Waals surface area contributed by atoms with Gasteiger partial charge in [-0.3, -0.25) is 4.79 Å². The van der Waals surface area contributed by atoms with E-state index in [4.69, 9.17) is 5.73 Å². The van der Waals surface area contributed by atoms with E-state index in [-0.39, 0.29) is 10.2 Å². The topological polar surface area (TPSA) is 64.4 Å². The average Bonchev–Trinajstić information content (AvgIpc) is 2.20. The van der Waals surface area contributed by atoms with Crippen molar-refractivity contribution in [2.24, 2.45) is 5.73 Å². The van der Waals surface area contributed by atoms with E-state index >= 15 is 0 Å². The van der Waals surface area contributed by atoms with Gasteiger partial charge in [-0.05, 0) is 41.1 Å². The second-order valence-corrected chi connectivity index (χ2v) is 4.33. The number of carbonyl (C=O) groups excluding carboxylic acids is 1. The number of nitrogens with one attached hydrogen (secondary N) is 1. The maximum atomic E-state index is 12.0. The molecule has 0 aliphatic rings. The highest BCUT2D eigenvalue weighted by Gasteiger charge is 2.31. The number of hydrogen-bond donors (Lipinski definition) is 2. The summed E-state index contributed by atoms with van der Waals surface area (Å²) in [5.74, 6) is -0.826. The molecule has 0 saturated carbocycles. The summed E-state index contributed by atoms with van der Waals surface area (Å²) in [5.41, 5.74) is 5.66. The van der Waals surface area contributed by atoms with E-state index in [1.807, 2.05) is 0 Å². The monoisotopic (exact) mass is 326 g/mol. The van der Waals surface area contributed by atoms with Crippen LogP contribution in [0.15, 0.2) is 22.7 Å². The number of hydrogen-bond acceptors (Lipinski definition) is 3. The molecule has 1 aromatic rings. The molecule has 1 rings (SSSR count). The van der Waals surface area contributed by atoms with Crippen molar-refractivity contribution in [1.82, 2.24) is 0 Å². The number of carbonyl (C=O) groups is 1. The van der Waals surface area contributed by atoms with Crippen molar-refractivity contribution in [3.8, 4) is 5.75 Å². The summed E-state index contributed by atoms with van der Waals surface area (Å²) in [4.78, 5) is 11.3. The average molecular weight is 327 g/mol. The van der Waals surface area contributed by atoms with Crippen molar-refractivity contribution >= 4 is 27.5 Å². The molecule has 0 aromatic heterocycles. The molecular weight excluding hydrogens is 317 g/mol. The first kappa shape index (κ1) is 14.8. The molecule has 0 spiro atoms. The molecule has 4 nitrogen and oxygen atoms in total. The normalized spacial score (nSPS) is 13.0. The minimum Gasteiger partial charge on any atom is -0.405 e. The van der Waals surface area contributed by atoms with Gasteiger partial charge >= 0.3 is 6.36 Å². The molecular formula is C10H10BrF3N2O2. The Balaban J connectivity index is 2.83. The van der Waals surface area contributed by atoms with E-state index in [1.54, 1.807) is 0 Å². The zero-order valence-electron chi connectivity index (χ0n) is 9.22. The van der Waals surface area contributed by atoms with Crippen LogP contribution in [0.1, 0.15) is 6.92 Å². The minimum atomic E-state index is -4.76. The van der Waals surface area contributed by atoms with Crippen LogP contribution in [0, 0.1) is 0 Å². The van der Waals surface area contributed by atoms with Crippen molar-refractivity contribution in [2.45, 2.75) is 19.3 Å². The van der Waals surface area contributed by atoms with Gasteiger partial charge in [-0.15, -0.1) is 13.2 Å². The lowest BCUT2D eigenvalue weighted by atomic mass is 10.2. The number of nitrogens with two attached hydrogens (primary N) is 1. The van der Waals surface area contributed by atoms with Crippen molar-refractivity contribution in [2.75, 3.05) is 5.32 Å². The zero-order chi connectivity index (χ0) is 13.9. The van der Waals surface area contributed by atoms with Crippen LogP contribution >= 0.6 is 15.9 Å². The standard InChI is InChI=1S/C10H10BrF3N2O2/c1-5(15)9(17)16-6-2-3-8(7(11)4-6)18-10(12,13)14/h2-5H,15H2,1H3,(H,16,17). The van der Waals surface area contributed by atoms with E-state index in [1.165, 1.54) is 19.1 Å². The van der Waals surface area contributed by atoms with Crippen LogP contribution in [0.2, 0.25) is 0 Å². The van der Waals surface area contributed by atoms with Crippen LogP contribution in [-0.4, -0.2) is 18.3 Å². The molecule has 1 aromatic carbocycles. The number of benzene rings is 1. The number of ether oxygens (including phenoxy) is 1. The molecule has 1 amide bonds. The lowest BCUT2D eigenvalue weighted by Gasteiger charge is -2.12. The Hall–Kier alpha value is -1.28. The van der Waals surface area contributed by atoms with E-state index in [0.29, 0.717) is 5.69 Å². The minimum absolute atomic E-state index is 0.0716. The molecule has 1 unspecified atom stereocenters. The van der Waals surface area contributed by atoms with Gasteiger partial charge in [0.15, 0.2) is 0 Å². The van der Waals surface area contributed by atoms with Gasteiger partial charge in [0.25, 0.3) is 0 Å². The fraction of sp³-hybridized carbons (Fsp3) is 0.300. The van der Waals surface area contributed by atoms with E-state index in [2.05, 4.69) is 26.0 Å². The third-order valence-electron chi connectivity index (χ3n) is 1.84. The molecule has 0 fully saturated rings. The van der Waals surface area contributed by atoms with Gasteiger partial charge in [0.1, 0.15) is 5.75 Å². The summed E-state index contributed by atoms with van der Waals surface area (Å²) in [6, 6.07) is 2.96. The molecule has 8 heteroatoms. The molecule has 3 N–H and O–H groups in total. The van der Waals surface area contributed by atoms with E-state index in [0.717, 1.165) is 6.07 Å². The predicted molar refractivity (Wildman–Crippen MR) is 63.1 cm³/mol. The molecule has 0 radical (unpaired) electrons. The largest absolute Gasteiger partial charge is 0.573 e. The lowest BCUT2D eigenvalue weighted by molar-refractivity contribution is -0.274. The van der Waals surface area contributed by atoms with Gasteiger partial charge in [0.2, 0.25) is 5.91 Å². The van der Waals surface area contributed by atoms with Crippen LogP contribution in [-0.2, 0) is 4.79 Å². The van der Waals surface area contributed by atoms with Crippen LogP contribution in [0.4, 0.5) is 18.9 Å². The van der Waals surface area contributed by atoms with Gasteiger partial charge < -0.3 is 15.8 Å². The Labute approximate surface area is 109 Å². The summed E-state index contributed by atoms with van der Waals surface area (Å²) < 4.78 is 39.9. The highest BCUT2D eigenvalue weighted by Crippen LogP contribution is 2.32. The predicted octanol–water partition coefficient (Wildman–Crippen LogP) is 2.63. The molecule has 1 atom stereocenters. The highest BCUT2D eigenvalue weighted by atomic mass is 79.9. The van der Waals surface area contributed by atoms with E-state index in [9.17, 15) is 18.0 Å². The fourth-order valence-corrected chi connectivity index (χ4v) is 1.50. The third kappa shape index (κ3) is 4.53. The Morgan fingerprint density at radius 2 is 2.11 bits per heavy atom. The quantitative estimate of drug-likeness (QED) is 0.897. The molecule has 0 aliphatic heterocycles. The second kappa shape index (κ2) is 5.57. The highest BCUT2D eigenvalue weighted by molar-refractivity contribution is 9.10. The fourth-order valence-electron chi connectivity index (χ4n) is 1.04. The summed E-state index contributed by atoms with van der Waals surface area (Å²) in [7, 11) is 0. The van der Waals surface area contributed by atoms with Crippen LogP contribution in [0.25, 0.3) is 0 Å². The number of halogens is 4. The van der Waals surface area contributed by atoms with Crippen LogP contribution in [0.5, 0.6) is 5.75 Å². The van der Waals surface area contributed by atoms with Gasteiger partial charge in [-0.1, -0.05) is 0 Å². The van der Waals surface area contributed by atoms with Crippen molar-refractivity contribution in [3.63, 3.8) is 0 Å². The Morgan fingerprint density at radius 1 is 1.50 bits per heavy atom. The molecule has 0 heterocycles. The Kier molecular flexibility index (Phi) is 4.58. The number of anilines is 1. The first-order chi connectivity index (χ1) is 8.19. The van der Waals surface area contributed by atoms with Crippen molar-refractivity contribution in [3.05, 3.63) is 22.7 Å². The summed E-state index contributed by atoms with van der Waals surface area (Å²) in [6.07, 6.45) is -4.76. The van der Waals surface area contributed by atoms with Crippen LogP contribution < -0.4 is 15.8 Å². The van der Waals surface area contributed by atoms with Crippen molar-refractivity contribution < 1.29 is 22.7 Å². The summed E-state index contributed by atoms with van der Waals surface area (Å²) >= 11 is 2.92. The number of alkyl halides is 3. The number of amides is 1. The Bertz CT molecular complexity index is 449. The van der Waals surface area contributed by atoms with Gasteiger partial charge in [-0.25, -0.2) is 0 Å². The SMILES string of the molecule is CC(N)C(=O)Nc1ccc(OC(F)(F)F)c(Br)c1. The van der Waals surface area contributed by atoms with E-state index < -0.39 is 18.3 Å². The molecule has 0 saturated heterocycles. The second-order valence-electron chi connectivity index (χ2n) is 3.47. The number of rotatable bonds is 3. The first-order valence-corrected chi connectivity index (χ1v) is 5.60. The lowest BCUT2D eigenvalue weighted by Crippen LogP contribution is -2.32. The zero-order valence-corrected chi connectivity index (χ0v) is 10.8. The molecule has 0 bridgehead atoms. The van der Waals surface area contributed by atoms with Gasteiger partial charge in [0, 0.05) is 5.69 Å². The first-order valence-electron chi connectivity index (χ1n) is 4.81.